The second-order valence-corrected chi connectivity index (χ2v) is 1.76. The lowest BCUT2D eigenvalue weighted by Crippen LogP contribution is -1.96. The Kier molecular flexibility index (Phi) is 2.25. The van der Waals surface area contributed by atoms with Gasteiger partial charge in [0.25, 0.3) is 0 Å². The minimum absolute atomic E-state index is 0.337. The average molecular weight is 144 g/mol. The minimum atomic E-state index is -0.819. The van der Waals surface area contributed by atoms with Gasteiger partial charge in [0.15, 0.2) is 0 Å². The fourth-order valence-corrected chi connectivity index (χ4v) is 0.652. The van der Waals surface area contributed by atoms with E-state index in [9.17, 15) is 4.39 Å². The maximum atomic E-state index is 11.5. The summed E-state index contributed by atoms with van der Waals surface area (Å²) in [6.45, 7) is 1.91. The van der Waals surface area contributed by atoms with Crippen molar-refractivity contribution in [2.45, 2.75) is 13.5 Å². The Morgan fingerprint density at radius 3 is 3.10 bits per heavy atom. The SMILES string of the molecule is CCn1ccc(OCF)n1. The molecule has 56 valence electrons. The number of rotatable bonds is 3. The van der Waals surface area contributed by atoms with Crippen LogP contribution in [0.15, 0.2) is 12.3 Å². The molecule has 0 spiro atoms. The highest BCUT2D eigenvalue weighted by atomic mass is 19.1. The molecule has 0 amide bonds. The van der Waals surface area contributed by atoms with Crippen LogP contribution in [-0.4, -0.2) is 16.6 Å². The third-order valence-corrected chi connectivity index (χ3v) is 1.14. The van der Waals surface area contributed by atoms with Crippen LogP contribution >= 0.6 is 0 Å². The quantitative estimate of drug-likeness (QED) is 0.637. The lowest BCUT2D eigenvalue weighted by Gasteiger charge is -1.93. The van der Waals surface area contributed by atoms with Gasteiger partial charge in [0.2, 0.25) is 12.7 Å². The summed E-state index contributed by atoms with van der Waals surface area (Å²) >= 11 is 0. The summed E-state index contributed by atoms with van der Waals surface area (Å²) in [5.74, 6) is 0.337. The second-order valence-electron chi connectivity index (χ2n) is 1.76. The lowest BCUT2D eigenvalue weighted by atomic mass is 10.7. The van der Waals surface area contributed by atoms with Crippen LogP contribution in [0.2, 0.25) is 0 Å². The van der Waals surface area contributed by atoms with Crippen molar-refractivity contribution >= 4 is 0 Å². The first-order valence-corrected chi connectivity index (χ1v) is 3.09. The summed E-state index contributed by atoms with van der Waals surface area (Å²) in [5.41, 5.74) is 0. The van der Waals surface area contributed by atoms with E-state index in [1.807, 2.05) is 6.92 Å². The number of ether oxygens (including phenoxy) is 1. The molecule has 0 aromatic carbocycles. The molecule has 0 aliphatic heterocycles. The van der Waals surface area contributed by atoms with Crippen molar-refractivity contribution in [3.05, 3.63) is 12.3 Å². The summed E-state index contributed by atoms with van der Waals surface area (Å²) in [4.78, 5) is 0. The van der Waals surface area contributed by atoms with Crippen molar-refractivity contribution in [2.75, 3.05) is 6.86 Å². The van der Waals surface area contributed by atoms with Gasteiger partial charge < -0.3 is 4.74 Å². The van der Waals surface area contributed by atoms with Crippen molar-refractivity contribution in [1.29, 1.82) is 0 Å². The number of hydrogen-bond acceptors (Lipinski definition) is 2. The Bertz CT molecular complexity index is 199. The molecule has 0 saturated heterocycles. The van der Waals surface area contributed by atoms with E-state index in [4.69, 9.17) is 0 Å². The van der Waals surface area contributed by atoms with Crippen LogP contribution in [0.25, 0.3) is 0 Å². The lowest BCUT2D eigenvalue weighted by molar-refractivity contribution is 0.183. The Morgan fingerprint density at radius 2 is 2.60 bits per heavy atom. The van der Waals surface area contributed by atoms with Crippen LogP contribution in [0.4, 0.5) is 4.39 Å². The number of halogens is 1. The van der Waals surface area contributed by atoms with Crippen molar-refractivity contribution in [1.82, 2.24) is 9.78 Å². The Labute approximate surface area is 58.4 Å². The second kappa shape index (κ2) is 3.20. The molecular weight excluding hydrogens is 135 g/mol. The van der Waals surface area contributed by atoms with E-state index >= 15 is 0 Å². The van der Waals surface area contributed by atoms with Crippen LogP contribution in [-0.2, 0) is 6.54 Å². The predicted octanol–water partition coefficient (Wildman–Crippen LogP) is 1.21. The van der Waals surface area contributed by atoms with E-state index in [1.54, 1.807) is 16.9 Å². The van der Waals surface area contributed by atoms with Crippen LogP contribution in [0.3, 0.4) is 0 Å². The van der Waals surface area contributed by atoms with Crippen LogP contribution in [0, 0.1) is 0 Å². The summed E-state index contributed by atoms with van der Waals surface area (Å²) in [6.07, 6.45) is 1.74. The average Bonchev–Trinajstić information content (AvgIpc) is 2.37. The molecule has 0 saturated carbocycles. The van der Waals surface area contributed by atoms with Gasteiger partial charge in [-0.1, -0.05) is 0 Å². The zero-order chi connectivity index (χ0) is 7.40. The molecule has 0 N–H and O–H groups in total. The van der Waals surface area contributed by atoms with Gasteiger partial charge in [-0.15, -0.1) is 5.10 Å². The van der Waals surface area contributed by atoms with Gasteiger partial charge in [0.05, 0.1) is 0 Å². The fraction of sp³-hybridized carbons (Fsp3) is 0.500. The molecule has 10 heavy (non-hydrogen) atoms. The van der Waals surface area contributed by atoms with Gasteiger partial charge in [-0.3, -0.25) is 4.68 Å². The van der Waals surface area contributed by atoms with E-state index in [1.165, 1.54) is 0 Å². The summed E-state index contributed by atoms with van der Waals surface area (Å²) in [7, 11) is 0. The molecule has 1 aromatic rings. The first-order valence-electron chi connectivity index (χ1n) is 3.09. The van der Waals surface area contributed by atoms with Crippen LogP contribution in [0.5, 0.6) is 5.88 Å². The van der Waals surface area contributed by atoms with Crippen molar-refractivity contribution in [3.8, 4) is 5.88 Å². The summed E-state index contributed by atoms with van der Waals surface area (Å²) in [6, 6.07) is 1.63. The van der Waals surface area contributed by atoms with Crippen LogP contribution in [0.1, 0.15) is 6.92 Å². The molecule has 4 heteroatoms. The summed E-state index contributed by atoms with van der Waals surface area (Å²) < 4.78 is 17.7. The Balaban J connectivity index is 2.59. The summed E-state index contributed by atoms with van der Waals surface area (Å²) in [5, 5.41) is 3.87. The van der Waals surface area contributed by atoms with E-state index in [0.717, 1.165) is 6.54 Å². The maximum Gasteiger partial charge on any atom is 0.235 e. The smallest absolute Gasteiger partial charge is 0.235 e. The first kappa shape index (κ1) is 7.05. The van der Waals surface area contributed by atoms with Crippen LogP contribution < -0.4 is 4.74 Å². The van der Waals surface area contributed by atoms with Crippen molar-refractivity contribution in [3.63, 3.8) is 0 Å². The molecule has 0 aliphatic carbocycles. The molecule has 1 aromatic heterocycles. The fourth-order valence-electron chi connectivity index (χ4n) is 0.652. The van der Waals surface area contributed by atoms with E-state index in [-0.39, 0.29) is 0 Å². The van der Waals surface area contributed by atoms with E-state index < -0.39 is 6.86 Å². The number of alkyl halides is 1. The van der Waals surface area contributed by atoms with Gasteiger partial charge in [-0.2, -0.15) is 0 Å². The van der Waals surface area contributed by atoms with Gasteiger partial charge >= 0.3 is 0 Å². The first-order chi connectivity index (χ1) is 4.86. The monoisotopic (exact) mass is 144 g/mol. The minimum Gasteiger partial charge on any atom is -0.445 e. The number of nitrogens with zero attached hydrogens (tertiary/aromatic N) is 2. The largest absolute Gasteiger partial charge is 0.445 e. The number of aryl methyl sites for hydroxylation is 1. The van der Waals surface area contributed by atoms with Gasteiger partial charge in [-0.25, -0.2) is 4.39 Å². The molecular formula is C6H9FN2O. The predicted molar refractivity (Wildman–Crippen MR) is 34.5 cm³/mol. The Hall–Kier alpha value is -1.06. The van der Waals surface area contributed by atoms with Gasteiger partial charge in [-0.05, 0) is 6.92 Å². The van der Waals surface area contributed by atoms with Crippen molar-refractivity contribution in [2.24, 2.45) is 0 Å². The number of aromatic nitrogens is 2. The Morgan fingerprint density at radius 1 is 1.80 bits per heavy atom. The van der Waals surface area contributed by atoms with E-state index in [2.05, 4.69) is 9.84 Å². The zero-order valence-corrected chi connectivity index (χ0v) is 5.75. The highest BCUT2D eigenvalue weighted by Crippen LogP contribution is 2.04. The molecule has 0 bridgehead atoms. The third kappa shape index (κ3) is 1.46. The maximum absolute atomic E-state index is 11.5. The molecule has 0 atom stereocenters. The standard InChI is InChI=1S/C6H9FN2O/c1-2-9-4-3-6(8-9)10-5-7/h3-4H,2,5H2,1H3. The molecule has 3 nitrogen and oxygen atoms in total. The normalized spacial score (nSPS) is 9.80. The molecule has 1 heterocycles. The zero-order valence-electron chi connectivity index (χ0n) is 5.75. The molecule has 0 unspecified atom stereocenters. The van der Waals surface area contributed by atoms with Gasteiger partial charge in [0.1, 0.15) is 0 Å². The van der Waals surface area contributed by atoms with Crippen molar-refractivity contribution < 1.29 is 9.13 Å². The topological polar surface area (TPSA) is 27.1 Å². The molecule has 0 fully saturated rings. The molecule has 1 rings (SSSR count). The third-order valence-electron chi connectivity index (χ3n) is 1.14. The van der Waals surface area contributed by atoms with E-state index in [0.29, 0.717) is 5.88 Å². The number of hydrogen-bond donors (Lipinski definition) is 0. The highest BCUT2D eigenvalue weighted by Gasteiger charge is 1.95. The molecule has 0 aliphatic rings. The van der Waals surface area contributed by atoms with Gasteiger partial charge in [0, 0.05) is 18.8 Å². The highest BCUT2D eigenvalue weighted by molar-refractivity contribution is 5.04. The molecule has 0 radical (unpaired) electrons.